The summed E-state index contributed by atoms with van der Waals surface area (Å²) >= 11 is 0. The summed E-state index contributed by atoms with van der Waals surface area (Å²) in [6.07, 6.45) is 5.86. The Kier molecular flexibility index (Phi) is 7.58. The molecule has 0 radical (unpaired) electrons. The first-order valence-corrected chi connectivity index (χ1v) is 11.0. The third-order valence-corrected chi connectivity index (χ3v) is 7.65. The van der Waals surface area contributed by atoms with Crippen LogP contribution < -0.4 is 0 Å². The Hall–Kier alpha value is -1.36. The number of carbonyl (C=O) groups is 2. The van der Waals surface area contributed by atoms with Crippen LogP contribution in [-0.4, -0.2) is 35.9 Å². The molecule has 29 heavy (non-hydrogen) atoms. The fourth-order valence-electron chi connectivity index (χ4n) is 6.02. The summed E-state index contributed by atoms with van der Waals surface area (Å²) < 4.78 is 10.7. The highest BCUT2D eigenvalue weighted by Gasteiger charge is 2.59. The van der Waals surface area contributed by atoms with Gasteiger partial charge in [-0.2, -0.15) is 0 Å². The predicted octanol–water partition coefficient (Wildman–Crippen LogP) is 4.67. The molecule has 0 aromatic heterocycles. The second kappa shape index (κ2) is 9.20. The molecule has 1 saturated carbocycles. The van der Waals surface area contributed by atoms with E-state index >= 15 is 0 Å². The number of fused-ring (bicyclic) bond motifs is 1. The molecule has 0 spiro atoms. The van der Waals surface area contributed by atoms with Crippen molar-refractivity contribution in [2.24, 2.45) is 28.6 Å². The Labute approximate surface area is 176 Å². The predicted molar refractivity (Wildman–Crippen MR) is 113 cm³/mol. The molecule has 2 aliphatic carbocycles. The van der Waals surface area contributed by atoms with Crippen LogP contribution in [0.15, 0.2) is 11.6 Å². The van der Waals surface area contributed by atoms with Gasteiger partial charge in [-0.25, -0.2) is 0 Å². The van der Waals surface area contributed by atoms with Crippen molar-refractivity contribution < 1.29 is 24.2 Å². The maximum absolute atomic E-state index is 11.7. The lowest BCUT2D eigenvalue weighted by molar-refractivity contribution is -0.196. The molecule has 0 aromatic carbocycles. The third-order valence-electron chi connectivity index (χ3n) is 7.65. The molecule has 0 aliphatic heterocycles. The van der Waals surface area contributed by atoms with Crippen LogP contribution in [0, 0.1) is 28.6 Å². The molecule has 0 unspecified atom stereocenters. The van der Waals surface area contributed by atoms with Gasteiger partial charge >= 0.3 is 11.9 Å². The van der Waals surface area contributed by atoms with E-state index in [1.807, 2.05) is 0 Å². The van der Waals surface area contributed by atoms with Gasteiger partial charge in [-0.15, -0.1) is 0 Å². The molecule has 0 saturated heterocycles. The molecular weight excluding hydrogens is 368 g/mol. The lowest BCUT2D eigenvalue weighted by atomic mass is 9.46. The lowest BCUT2D eigenvalue weighted by Crippen LogP contribution is -2.60. The highest BCUT2D eigenvalue weighted by molar-refractivity contribution is 5.66. The summed E-state index contributed by atoms with van der Waals surface area (Å²) in [5.74, 6) is 0.644. The zero-order chi connectivity index (χ0) is 22.0. The van der Waals surface area contributed by atoms with E-state index in [9.17, 15) is 14.7 Å². The summed E-state index contributed by atoms with van der Waals surface area (Å²) in [5.41, 5.74) is 1.05. The summed E-state index contributed by atoms with van der Waals surface area (Å²) in [5, 5.41) is 11.0. The van der Waals surface area contributed by atoms with Gasteiger partial charge in [0.15, 0.2) is 0 Å². The number of esters is 2. The Balaban J connectivity index is 2.17. The van der Waals surface area contributed by atoms with E-state index in [4.69, 9.17) is 9.47 Å². The van der Waals surface area contributed by atoms with E-state index < -0.39 is 12.2 Å². The van der Waals surface area contributed by atoms with Crippen molar-refractivity contribution in [1.82, 2.24) is 0 Å². The van der Waals surface area contributed by atoms with Gasteiger partial charge in [-0.3, -0.25) is 9.59 Å². The van der Waals surface area contributed by atoms with Crippen molar-refractivity contribution in [1.29, 1.82) is 0 Å². The molecule has 1 fully saturated rings. The molecule has 2 aliphatic rings. The molecule has 0 bridgehead atoms. The number of aliphatic hydroxyl groups excluding tert-OH is 1. The second-order valence-corrected chi connectivity index (χ2v) is 10.2. The first-order chi connectivity index (χ1) is 13.4. The fourth-order valence-corrected chi connectivity index (χ4v) is 6.02. The quantitative estimate of drug-likeness (QED) is 0.490. The summed E-state index contributed by atoms with van der Waals surface area (Å²) in [6.45, 7) is 14.3. The maximum atomic E-state index is 11.7. The zero-order valence-corrected chi connectivity index (χ0v) is 19.3. The normalized spacial score (nSPS) is 34.6. The van der Waals surface area contributed by atoms with Crippen molar-refractivity contribution in [3.63, 3.8) is 0 Å². The molecule has 0 amide bonds. The number of hydrogen-bond acceptors (Lipinski definition) is 5. The molecule has 166 valence electrons. The highest BCUT2D eigenvalue weighted by Crippen LogP contribution is 2.61. The highest BCUT2D eigenvalue weighted by atomic mass is 16.6. The number of allylic oxidation sites excluding steroid dienone is 2. The molecule has 6 atom stereocenters. The average molecular weight is 409 g/mol. The van der Waals surface area contributed by atoms with E-state index in [1.165, 1.54) is 19.4 Å². The first kappa shape index (κ1) is 23.9. The minimum Gasteiger partial charge on any atom is -0.466 e. The van der Waals surface area contributed by atoms with Crippen molar-refractivity contribution in [3.8, 4) is 0 Å². The van der Waals surface area contributed by atoms with Crippen LogP contribution in [0.25, 0.3) is 0 Å². The maximum Gasteiger partial charge on any atom is 0.302 e. The third kappa shape index (κ3) is 5.22. The van der Waals surface area contributed by atoms with Crippen LogP contribution in [-0.2, 0) is 19.1 Å². The number of rotatable bonds is 7. The van der Waals surface area contributed by atoms with Gasteiger partial charge in [0.1, 0.15) is 6.10 Å². The van der Waals surface area contributed by atoms with E-state index in [2.05, 4.69) is 40.7 Å². The lowest BCUT2D eigenvalue weighted by Gasteiger charge is -2.60. The van der Waals surface area contributed by atoms with Gasteiger partial charge in [0.05, 0.1) is 12.7 Å². The van der Waals surface area contributed by atoms with E-state index in [0.29, 0.717) is 30.8 Å². The fraction of sp³-hybridized carbons (Fsp3) is 0.833. The van der Waals surface area contributed by atoms with Gasteiger partial charge < -0.3 is 14.6 Å². The van der Waals surface area contributed by atoms with Crippen molar-refractivity contribution in [3.05, 3.63) is 11.6 Å². The van der Waals surface area contributed by atoms with Gasteiger partial charge in [0.25, 0.3) is 0 Å². The minimum absolute atomic E-state index is 0.0305. The molecular formula is C24H40O5. The molecule has 0 aromatic rings. The van der Waals surface area contributed by atoms with Crippen LogP contribution in [0.2, 0.25) is 0 Å². The van der Waals surface area contributed by atoms with Crippen molar-refractivity contribution in [2.45, 2.75) is 92.8 Å². The molecule has 5 nitrogen and oxygen atoms in total. The summed E-state index contributed by atoms with van der Waals surface area (Å²) in [7, 11) is 0. The van der Waals surface area contributed by atoms with Crippen LogP contribution in [0.1, 0.15) is 80.6 Å². The number of aliphatic hydroxyl groups is 1. The van der Waals surface area contributed by atoms with E-state index in [0.717, 1.165) is 25.7 Å². The zero-order valence-electron chi connectivity index (χ0n) is 19.3. The monoisotopic (exact) mass is 408 g/mol. The van der Waals surface area contributed by atoms with Gasteiger partial charge in [-0.05, 0) is 67.6 Å². The molecule has 1 N–H and O–H groups in total. The summed E-state index contributed by atoms with van der Waals surface area (Å²) in [6, 6.07) is 0. The Morgan fingerprint density at radius 2 is 1.86 bits per heavy atom. The standard InChI is InChI=1S/C24H40O5/c1-15(12-13-28-17(3)25)8-10-19-16(2)9-11-21-23(5,6)22(27)20(29-18(4)26)14-24(19,21)7/h9,15,19-22,27H,8,10-14H2,1-7H3/t15-,19+,20-,21+,22+,24-/m0/s1. The van der Waals surface area contributed by atoms with Crippen molar-refractivity contribution >= 4 is 11.9 Å². The van der Waals surface area contributed by atoms with Crippen LogP contribution in [0.4, 0.5) is 0 Å². The number of ether oxygens (including phenoxy) is 2. The second-order valence-electron chi connectivity index (χ2n) is 10.2. The van der Waals surface area contributed by atoms with Crippen LogP contribution >= 0.6 is 0 Å². The van der Waals surface area contributed by atoms with Crippen molar-refractivity contribution in [2.75, 3.05) is 6.61 Å². The molecule has 2 rings (SSSR count). The SMILES string of the molecule is CC(=O)OCC[C@@H](C)CC[C@@H]1C(C)=CC[C@@H]2C(C)(C)[C@H](O)[C@@H](OC(C)=O)C[C@@]12C. The number of carbonyl (C=O) groups excluding carboxylic acids is 2. The molecule has 0 heterocycles. The van der Waals surface area contributed by atoms with Crippen LogP contribution in [0.5, 0.6) is 0 Å². The average Bonchev–Trinajstić information content (AvgIpc) is 2.58. The Morgan fingerprint density at radius 1 is 1.21 bits per heavy atom. The number of hydrogen-bond donors (Lipinski definition) is 1. The topological polar surface area (TPSA) is 72.8 Å². The Bertz CT molecular complexity index is 637. The van der Waals surface area contributed by atoms with Gasteiger partial charge in [-0.1, -0.05) is 39.3 Å². The van der Waals surface area contributed by atoms with Crippen LogP contribution in [0.3, 0.4) is 0 Å². The first-order valence-electron chi connectivity index (χ1n) is 11.0. The molecule has 5 heteroatoms. The minimum atomic E-state index is -0.653. The smallest absolute Gasteiger partial charge is 0.302 e. The van der Waals surface area contributed by atoms with Gasteiger partial charge in [0, 0.05) is 13.8 Å². The summed E-state index contributed by atoms with van der Waals surface area (Å²) in [4.78, 5) is 22.6. The largest absolute Gasteiger partial charge is 0.466 e. The van der Waals surface area contributed by atoms with E-state index in [-0.39, 0.29) is 22.8 Å². The van der Waals surface area contributed by atoms with Gasteiger partial charge in [0.2, 0.25) is 0 Å². The van der Waals surface area contributed by atoms with E-state index in [1.54, 1.807) is 0 Å². The Morgan fingerprint density at radius 3 is 2.45 bits per heavy atom.